The monoisotopic (exact) mass is 544 g/mol. The standard InChI is InChI=1S/C24H22Cl2N6O3S/c1-24(2,3)23(35)32-21(29-11-14-4-7-20(26)36-14)10-16(30-32)15-5-6-19(25)31(22(15)34)13-18(33)17-12-27-8-9-28-17/h4-10,12,29H,11,13H2,1-3H3. The first-order chi connectivity index (χ1) is 17.0. The molecule has 0 saturated heterocycles. The predicted octanol–water partition coefficient (Wildman–Crippen LogP) is 5.05. The van der Waals surface area contributed by atoms with Crippen molar-refractivity contribution in [2.45, 2.75) is 33.9 Å². The zero-order chi connectivity index (χ0) is 26.0. The molecular weight excluding hydrogens is 523 g/mol. The number of carbonyl (C=O) groups is 2. The van der Waals surface area contributed by atoms with Crippen molar-refractivity contribution >= 4 is 52.0 Å². The molecule has 4 aromatic heterocycles. The quantitative estimate of drug-likeness (QED) is 0.256. The fraction of sp³-hybridized carbons (Fsp3) is 0.250. The van der Waals surface area contributed by atoms with E-state index in [1.165, 1.54) is 46.7 Å². The number of nitrogens with zero attached hydrogens (tertiary/aromatic N) is 5. The highest BCUT2D eigenvalue weighted by Crippen LogP contribution is 2.27. The Morgan fingerprint density at radius 1 is 1.11 bits per heavy atom. The van der Waals surface area contributed by atoms with Crippen LogP contribution in [0.25, 0.3) is 11.3 Å². The Morgan fingerprint density at radius 3 is 2.53 bits per heavy atom. The number of hydrogen-bond donors (Lipinski definition) is 1. The van der Waals surface area contributed by atoms with Crippen LogP contribution < -0.4 is 10.9 Å². The van der Waals surface area contributed by atoms with Crippen LogP contribution in [0.1, 0.15) is 40.9 Å². The number of hydrogen-bond acceptors (Lipinski definition) is 8. The van der Waals surface area contributed by atoms with Gasteiger partial charge in [0.05, 0.1) is 29.2 Å². The Balaban J connectivity index is 1.71. The van der Waals surface area contributed by atoms with Crippen LogP contribution in [0.5, 0.6) is 0 Å². The minimum Gasteiger partial charge on any atom is -0.365 e. The molecule has 0 aliphatic heterocycles. The van der Waals surface area contributed by atoms with E-state index >= 15 is 0 Å². The van der Waals surface area contributed by atoms with Gasteiger partial charge in [-0.25, -0.2) is 4.98 Å². The minimum absolute atomic E-state index is 0.0825. The number of aromatic nitrogens is 5. The van der Waals surface area contributed by atoms with E-state index in [9.17, 15) is 14.4 Å². The lowest BCUT2D eigenvalue weighted by atomic mass is 9.96. The number of pyridine rings is 1. The summed E-state index contributed by atoms with van der Waals surface area (Å²) in [6.45, 7) is 5.44. The largest absolute Gasteiger partial charge is 0.365 e. The first-order valence-corrected chi connectivity index (χ1v) is 12.4. The Hall–Kier alpha value is -3.34. The summed E-state index contributed by atoms with van der Waals surface area (Å²) in [7, 11) is 0. The molecule has 1 N–H and O–H groups in total. The second kappa shape index (κ2) is 10.3. The lowest BCUT2D eigenvalue weighted by molar-refractivity contribution is 0.0752. The summed E-state index contributed by atoms with van der Waals surface area (Å²) in [6.07, 6.45) is 4.17. The SMILES string of the molecule is CC(C)(C)C(=O)n1nc(-c2ccc(Cl)n(CC(=O)c3cnccn3)c2=O)cc1NCc1ccc(Cl)s1. The second-order valence-electron chi connectivity index (χ2n) is 8.92. The molecule has 186 valence electrons. The summed E-state index contributed by atoms with van der Waals surface area (Å²) in [5, 5.41) is 7.75. The Bertz CT molecular complexity index is 1490. The minimum atomic E-state index is -0.727. The summed E-state index contributed by atoms with van der Waals surface area (Å²) in [5.41, 5.74) is -0.680. The molecule has 0 amide bonds. The fourth-order valence-electron chi connectivity index (χ4n) is 3.30. The Kier molecular flexibility index (Phi) is 7.39. The molecule has 0 aliphatic carbocycles. The van der Waals surface area contributed by atoms with Crippen molar-refractivity contribution in [3.63, 3.8) is 0 Å². The molecule has 0 radical (unpaired) electrons. The summed E-state index contributed by atoms with van der Waals surface area (Å²) >= 11 is 13.7. The molecule has 9 nitrogen and oxygen atoms in total. The van der Waals surface area contributed by atoms with Gasteiger partial charge in [-0.15, -0.1) is 11.3 Å². The van der Waals surface area contributed by atoms with Crippen LogP contribution in [-0.2, 0) is 13.1 Å². The van der Waals surface area contributed by atoms with E-state index in [0.717, 1.165) is 9.44 Å². The Labute approximate surface area is 220 Å². The maximum Gasteiger partial charge on any atom is 0.261 e. The van der Waals surface area contributed by atoms with Gasteiger partial charge in [0, 0.05) is 28.8 Å². The van der Waals surface area contributed by atoms with Gasteiger partial charge in [-0.05, 0) is 24.3 Å². The Morgan fingerprint density at radius 2 is 1.89 bits per heavy atom. The second-order valence-corrected chi connectivity index (χ2v) is 11.1. The van der Waals surface area contributed by atoms with Crippen LogP contribution in [0.2, 0.25) is 9.49 Å². The number of thiophene rings is 1. The van der Waals surface area contributed by atoms with Crippen LogP contribution in [0.15, 0.2) is 53.7 Å². The average molecular weight is 545 g/mol. The lowest BCUT2D eigenvalue weighted by Crippen LogP contribution is -2.29. The summed E-state index contributed by atoms with van der Waals surface area (Å²) in [4.78, 5) is 48.0. The number of Topliss-reactive ketones (excluding diaryl/α,β-unsaturated/α-hetero) is 1. The molecule has 0 fully saturated rings. The molecule has 0 spiro atoms. The summed E-state index contributed by atoms with van der Waals surface area (Å²) in [6, 6.07) is 8.33. The van der Waals surface area contributed by atoms with Crippen molar-refractivity contribution in [2.75, 3.05) is 5.32 Å². The number of ketones is 1. The van der Waals surface area contributed by atoms with Crippen molar-refractivity contribution in [1.82, 2.24) is 24.3 Å². The van der Waals surface area contributed by atoms with Gasteiger partial charge < -0.3 is 5.32 Å². The van der Waals surface area contributed by atoms with Crippen molar-refractivity contribution in [3.8, 4) is 11.3 Å². The maximum atomic E-state index is 13.3. The number of rotatable bonds is 7. The number of anilines is 1. The normalized spacial score (nSPS) is 11.5. The zero-order valence-corrected chi connectivity index (χ0v) is 22.0. The van der Waals surface area contributed by atoms with E-state index in [2.05, 4.69) is 20.4 Å². The van der Waals surface area contributed by atoms with E-state index in [-0.39, 0.29) is 34.6 Å². The van der Waals surface area contributed by atoms with Crippen molar-refractivity contribution in [1.29, 1.82) is 0 Å². The van der Waals surface area contributed by atoms with Crippen LogP contribution >= 0.6 is 34.5 Å². The van der Waals surface area contributed by atoms with Gasteiger partial charge in [0.1, 0.15) is 22.4 Å². The molecule has 0 saturated carbocycles. The molecule has 0 atom stereocenters. The molecule has 0 bridgehead atoms. The van der Waals surface area contributed by atoms with Gasteiger partial charge >= 0.3 is 0 Å². The molecule has 4 aromatic rings. The van der Waals surface area contributed by atoms with Gasteiger partial charge in [-0.1, -0.05) is 44.0 Å². The molecule has 4 heterocycles. The smallest absolute Gasteiger partial charge is 0.261 e. The highest BCUT2D eigenvalue weighted by Gasteiger charge is 2.28. The van der Waals surface area contributed by atoms with Gasteiger partial charge in [0.2, 0.25) is 5.78 Å². The van der Waals surface area contributed by atoms with E-state index in [4.69, 9.17) is 23.2 Å². The summed E-state index contributed by atoms with van der Waals surface area (Å²) < 4.78 is 3.05. The van der Waals surface area contributed by atoms with E-state index in [0.29, 0.717) is 16.7 Å². The maximum absolute atomic E-state index is 13.3. The van der Waals surface area contributed by atoms with Crippen molar-refractivity contribution < 1.29 is 9.59 Å². The van der Waals surface area contributed by atoms with E-state index in [1.807, 2.05) is 6.07 Å². The molecular formula is C24H22Cl2N6O3S. The highest BCUT2D eigenvalue weighted by atomic mass is 35.5. The summed E-state index contributed by atoms with van der Waals surface area (Å²) in [5.74, 6) is -0.256. The molecule has 36 heavy (non-hydrogen) atoms. The topological polar surface area (TPSA) is 112 Å². The number of halogens is 2. The third-order valence-electron chi connectivity index (χ3n) is 5.16. The molecule has 12 heteroatoms. The lowest BCUT2D eigenvalue weighted by Gasteiger charge is -2.18. The van der Waals surface area contributed by atoms with Gasteiger partial charge in [-0.3, -0.25) is 23.9 Å². The number of nitrogens with one attached hydrogen (secondary N) is 1. The average Bonchev–Trinajstić information content (AvgIpc) is 3.45. The fourth-order valence-corrected chi connectivity index (χ4v) is 4.53. The van der Waals surface area contributed by atoms with Gasteiger partial charge in [0.25, 0.3) is 11.5 Å². The predicted molar refractivity (Wildman–Crippen MR) is 140 cm³/mol. The van der Waals surface area contributed by atoms with Crippen LogP contribution in [0, 0.1) is 5.41 Å². The van der Waals surface area contributed by atoms with Crippen LogP contribution in [0.4, 0.5) is 5.82 Å². The van der Waals surface area contributed by atoms with Crippen molar-refractivity contribution in [2.24, 2.45) is 5.41 Å². The molecule has 0 aliphatic rings. The van der Waals surface area contributed by atoms with Gasteiger partial charge in [-0.2, -0.15) is 9.78 Å². The van der Waals surface area contributed by atoms with Gasteiger partial charge in [0.15, 0.2) is 0 Å². The van der Waals surface area contributed by atoms with E-state index < -0.39 is 16.8 Å². The third kappa shape index (κ3) is 5.56. The first-order valence-electron chi connectivity index (χ1n) is 10.9. The highest BCUT2D eigenvalue weighted by molar-refractivity contribution is 7.16. The third-order valence-corrected chi connectivity index (χ3v) is 6.72. The van der Waals surface area contributed by atoms with Crippen LogP contribution in [0.3, 0.4) is 0 Å². The van der Waals surface area contributed by atoms with Crippen LogP contribution in [-0.4, -0.2) is 36.0 Å². The number of carbonyl (C=O) groups excluding carboxylic acids is 2. The molecule has 4 rings (SSSR count). The molecule has 0 unspecified atom stereocenters. The van der Waals surface area contributed by atoms with E-state index in [1.54, 1.807) is 32.9 Å². The van der Waals surface area contributed by atoms with Crippen molar-refractivity contribution in [3.05, 3.63) is 79.3 Å². The molecule has 0 aromatic carbocycles. The first kappa shape index (κ1) is 25.7. The zero-order valence-electron chi connectivity index (χ0n) is 19.7.